The van der Waals surface area contributed by atoms with Gasteiger partial charge in [0.1, 0.15) is 0 Å². The molecular formula is C18H36OSi2. The van der Waals surface area contributed by atoms with Crippen LogP contribution in [0.3, 0.4) is 0 Å². The maximum Gasteiger partial charge on any atom is 0.207 e. The molecule has 0 aromatic carbocycles. The molecule has 0 saturated carbocycles. The molecule has 0 unspecified atom stereocenters. The predicted molar refractivity (Wildman–Crippen MR) is 100 cm³/mol. The lowest BCUT2D eigenvalue weighted by molar-refractivity contribution is 0.486. The van der Waals surface area contributed by atoms with Gasteiger partial charge in [0.2, 0.25) is 18.1 Å². The summed E-state index contributed by atoms with van der Waals surface area (Å²) in [6, 6.07) is 2.24. The molecule has 0 aliphatic rings. The van der Waals surface area contributed by atoms with Gasteiger partial charge in [-0.05, 0) is 49.9 Å². The Bertz CT molecular complexity index is 326. The summed E-state index contributed by atoms with van der Waals surface area (Å²) >= 11 is 0. The van der Waals surface area contributed by atoms with E-state index in [0.29, 0.717) is 0 Å². The van der Waals surface area contributed by atoms with Crippen molar-refractivity contribution in [3.05, 3.63) is 23.3 Å². The van der Waals surface area contributed by atoms with Gasteiger partial charge in [0.25, 0.3) is 0 Å². The van der Waals surface area contributed by atoms with Gasteiger partial charge in [0, 0.05) is 0 Å². The number of allylic oxidation sites excluding steroid dienone is 4. The zero-order valence-electron chi connectivity index (χ0n) is 16.0. The zero-order chi connectivity index (χ0) is 16.8. The molecule has 1 nitrogen and oxygen atoms in total. The van der Waals surface area contributed by atoms with E-state index in [-0.39, 0.29) is 10.1 Å². The van der Waals surface area contributed by atoms with E-state index in [4.69, 9.17) is 4.12 Å². The van der Waals surface area contributed by atoms with Gasteiger partial charge < -0.3 is 4.12 Å². The van der Waals surface area contributed by atoms with Crippen molar-refractivity contribution in [2.24, 2.45) is 0 Å². The molecule has 122 valence electrons. The van der Waals surface area contributed by atoms with Gasteiger partial charge in [-0.25, -0.2) is 0 Å². The van der Waals surface area contributed by atoms with E-state index in [1.165, 1.54) is 11.1 Å². The van der Waals surface area contributed by atoms with Crippen molar-refractivity contribution < 1.29 is 4.12 Å². The lowest BCUT2D eigenvalue weighted by Gasteiger charge is -2.36. The Balaban J connectivity index is 5.12. The third-order valence-electron chi connectivity index (χ3n) is 3.31. The third kappa shape index (κ3) is 9.48. The Hall–Kier alpha value is -0.126. The van der Waals surface area contributed by atoms with E-state index in [0.717, 1.165) is 12.1 Å². The summed E-state index contributed by atoms with van der Waals surface area (Å²) in [6.45, 7) is 22.7. The van der Waals surface area contributed by atoms with Crippen LogP contribution in [0.15, 0.2) is 23.3 Å². The highest BCUT2D eigenvalue weighted by Crippen LogP contribution is 2.37. The second-order valence-electron chi connectivity index (χ2n) is 8.42. The van der Waals surface area contributed by atoms with E-state index >= 15 is 0 Å². The minimum absolute atomic E-state index is 0.281. The molecule has 0 saturated heterocycles. The fourth-order valence-corrected chi connectivity index (χ4v) is 8.46. The molecule has 0 aliphatic heterocycles. The summed E-state index contributed by atoms with van der Waals surface area (Å²) < 4.78 is 6.79. The molecule has 0 N–H and O–H groups in total. The van der Waals surface area contributed by atoms with E-state index < -0.39 is 18.1 Å². The second kappa shape index (κ2) is 8.49. The van der Waals surface area contributed by atoms with E-state index in [1.807, 2.05) is 0 Å². The van der Waals surface area contributed by atoms with Crippen molar-refractivity contribution >= 4 is 18.1 Å². The van der Waals surface area contributed by atoms with Crippen molar-refractivity contribution in [2.75, 3.05) is 0 Å². The van der Waals surface area contributed by atoms with Crippen LogP contribution in [-0.4, -0.2) is 18.1 Å². The lowest BCUT2D eigenvalue weighted by atomic mass is 10.2. The molecule has 0 amide bonds. The van der Waals surface area contributed by atoms with Crippen molar-refractivity contribution in [1.82, 2.24) is 0 Å². The average Bonchev–Trinajstić information content (AvgIpc) is 2.23. The third-order valence-corrected chi connectivity index (χ3v) is 9.78. The van der Waals surface area contributed by atoms with E-state index in [2.05, 4.69) is 81.4 Å². The maximum absolute atomic E-state index is 6.79. The molecule has 0 aliphatic carbocycles. The van der Waals surface area contributed by atoms with Crippen LogP contribution in [0.5, 0.6) is 0 Å². The van der Waals surface area contributed by atoms with Crippen LogP contribution in [0, 0.1) is 0 Å². The summed E-state index contributed by atoms with van der Waals surface area (Å²) in [5.41, 5.74) is 2.80. The molecule has 0 heterocycles. The molecule has 3 heteroatoms. The van der Waals surface area contributed by atoms with Crippen molar-refractivity contribution in [3.8, 4) is 0 Å². The van der Waals surface area contributed by atoms with Crippen molar-refractivity contribution in [3.63, 3.8) is 0 Å². The molecule has 2 radical (unpaired) electrons. The van der Waals surface area contributed by atoms with E-state index in [1.54, 1.807) is 0 Å². The maximum atomic E-state index is 6.79. The van der Waals surface area contributed by atoms with Gasteiger partial charge in [-0.3, -0.25) is 0 Å². The normalized spacial score (nSPS) is 12.8. The first kappa shape index (κ1) is 20.9. The number of rotatable bonds is 6. The zero-order valence-corrected chi connectivity index (χ0v) is 18.0. The van der Waals surface area contributed by atoms with Gasteiger partial charge in [0.05, 0.1) is 0 Å². The fourth-order valence-electron chi connectivity index (χ4n) is 1.74. The molecule has 0 fully saturated rings. The highest BCUT2D eigenvalue weighted by atomic mass is 28.4. The summed E-state index contributed by atoms with van der Waals surface area (Å²) in [5, 5.41) is 0.561. The molecular weight excluding hydrogens is 288 g/mol. The Morgan fingerprint density at radius 3 is 1.19 bits per heavy atom. The Morgan fingerprint density at radius 1 is 0.714 bits per heavy atom. The SMILES string of the molecule is CC(C)=CC[Si](O[Si](CC=C(C)C)C(C)(C)C)C(C)(C)C. The van der Waals surface area contributed by atoms with Crippen LogP contribution in [0.4, 0.5) is 0 Å². The fraction of sp³-hybridized carbons (Fsp3) is 0.778. The number of hydrogen-bond donors (Lipinski definition) is 0. The van der Waals surface area contributed by atoms with Crippen LogP contribution in [0.2, 0.25) is 22.2 Å². The first-order valence-corrected chi connectivity index (χ1v) is 11.2. The van der Waals surface area contributed by atoms with Gasteiger partial charge >= 0.3 is 0 Å². The largest absolute Gasteiger partial charge is 0.454 e. The standard InChI is InChI=1S/C18H36OSi2/c1-15(2)11-13-20(17(5,6)7)19-21(18(8,9)10)14-12-16(3)4/h11-12H,13-14H2,1-10H3. The number of hydrogen-bond acceptors (Lipinski definition) is 1. The molecule has 0 rings (SSSR count). The van der Waals surface area contributed by atoms with Crippen LogP contribution in [0.1, 0.15) is 69.2 Å². The minimum atomic E-state index is -0.844. The molecule has 0 bridgehead atoms. The first-order valence-electron chi connectivity index (χ1n) is 8.01. The van der Waals surface area contributed by atoms with Crippen LogP contribution in [-0.2, 0) is 4.12 Å². The molecule has 0 aromatic rings. The van der Waals surface area contributed by atoms with Gasteiger partial charge in [-0.2, -0.15) is 0 Å². The Morgan fingerprint density at radius 2 is 1.00 bits per heavy atom. The quantitative estimate of drug-likeness (QED) is 0.399. The molecule has 21 heavy (non-hydrogen) atoms. The van der Waals surface area contributed by atoms with E-state index in [9.17, 15) is 0 Å². The average molecular weight is 325 g/mol. The lowest BCUT2D eigenvalue weighted by Crippen LogP contribution is -2.40. The predicted octanol–water partition coefficient (Wildman–Crippen LogP) is 6.52. The smallest absolute Gasteiger partial charge is 0.207 e. The van der Waals surface area contributed by atoms with Crippen LogP contribution < -0.4 is 0 Å². The van der Waals surface area contributed by atoms with Crippen molar-refractivity contribution in [2.45, 2.75) is 91.4 Å². The summed E-state index contributed by atoms with van der Waals surface area (Å²) in [6.07, 6.45) is 4.73. The highest BCUT2D eigenvalue weighted by Gasteiger charge is 2.36. The Kier molecular flexibility index (Phi) is 8.44. The summed E-state index contributed by atoms with van der Waals surface area (Å²) in [5.74, 6) is 0. The van der Waals surface area contributed by atoms with Crippen molar-refractivity contribution in [1.29, 1.82) is 0 Å². The second-order valence-corrected chi connectivity index (χ2v) is 14.7. The molecule has 0 spiro atoms. The van der Waals surface area contributed by atoms with Gasteiger partial charge in [0.15, 0.2) is 0 Å². The Labute approximate surface area is 137 Å². The summed E-state index contributed by atoms with van der Waals surface area (Å²) in [7, 11) is -1.69. The minimum Gasteiger partial charge on any atom is -0.454 e. The van der Waals surface area contributed by atoms with Gasteiger partial charge in [-0.1, -0.05) is 64.8 Å². The topological polar surface area (TPSA) is 9.23 Å². The summed E-state index contributed by atoms with van der Waals surface area (Å²) in [4.78, 5) is 0. The van der Waals surface area contributed by atoms with Gasteiger partial charge in [-0.15, -0.1) is 0 Å². The molecule has 0 aromatic heterocycles. The monoisotopic (exact) mass is 324 g/mol. The highest BCUT2D eigenvalue weighted by molar-refractivity contribution is 6.69. The van der Waals surface area contributed by atoms with Crippen LogP contribution in [0.25, 0.3) is 0 Å². The van der Waals surface area contributed by atoms with Crippen LogP contribution >= 0.6 is 0 Å². The molecule has 0 atom stereocenters. The first-order chi connectivity index (χ1) is 9.34.